The van der Waals surface area contributed by atoms with Gasteiger partial charge in [-0.15, -0.1) is 11.3 Å². The third-order valence-electron chi connectivity index (χ3n) is 1.60. The third kappa shape index (κ3) is 3.70. The first kappa shape index (κ1) is 10.2. The largest absolute Gasteiger partial charge is 0.316 e. The van der Waals surface area contributed by atoms with Crippen LogP contribution in [-0.4, -0.2) is 13.1 Å². The fourth-order valence-electron chi connectivity index (χ4n) is 0.998. The lowest BCUT2D eigenvalue weighted by atomic mass is 10.3. The highest BCUT2D eigenvalue weighted by molar-refractivity contribution is 9.10. The molecular weight excluding hydrogens is 234 g/mol. The molecule has 0 saturated heterocycles. The van der Waals surface area contributed by atoms with Crippen LogP contribution in [0.25, 0.3) is 0 Å². The van der Waals surface area contributed by atoms with Gasteiger partial charge in [0.2, 0.25) is 0 Å². The molecule has 1 rings (SSSR count). The Bertz CT molecular complexity index is 222. The van der Waals surface area contributed by atoms with Crippen molar-refractivity contribution in [1.82, 2.24) is 5.32 Å². The molecule has 0 radical (unpaired) electrons. The lowest BCUT2D eigenvalue weighted by Crippen LogP contribution is -2.17. The maximum atomic E-state index is 3.44. The molecule has 0 aliphatic rings. The molecule has 1 aromatic rings. The van der Waals surface area contributed by atoms with Gasteiger partial charge in [0.25, 0.3) is 0 Å². The highest BCUT2D eigenvalue weighted by atomic mass is 79.9. The predicted octanol–water partition coefficient (Wildman–Crippen LogP) is 3.05. The summed E-state index contributed by atoms with van der Waals surface area (Å²) in [5.41, 5.74) is 0. The lowest BCUT2D eigenvalue weighted by Gasteiger charge is -1.99. The summed E-state index contributed by atoms with van der Waals surface area (Å²) < 4.78 is 1.21. The van der Waals surface area contributed by atoms with Crippen LogP contribution in [-0.2, 0) is 6.42 Å². The van der Waals surface area contributed by atoms with Crippen LogP contribution in [0.3, 0.4) is 0 Å². The van der Waals surface area contributed by atoms with Crippen molar-refractivity contribution < 1.29 is 0 Å². The van der Waals surface area contributed by atoms with E-state index < -0.39 is 0 Å². The average Bonchev–Trinajstić information content (AvgIpc) is 2.45. The number of halogens is 1. The van der Waals surface area contributed by atoms with Crippen molar-refractivity contribution in [2.24, 2.45) is 0 Å². The van der Waals surface area contributed by atoms with Gasteiger partial charge < -0.3 is 5.32 Å². The molecule has 0 fully saturated rings. The maximum Gasteiger partial charge on any atom is 0.0285 e. The molecule has 68 valence electrons. The zero-order valence-corrected chi connectivity index (χ0v) is 9.67. The molecule has 3 heteroatoms. The summed E-state index contributed by atoms with van der Waals surface area (Å²) >= 11 is 5.27. The van der Waals surface area contributed by atoms with Crippen LogP contribution >= 0.6 is 27.3 Å². The van der Waals surface area contributed by atoms with Crippen molar-refractivity contribution in [3.05, 3.63) is 20.8 Å². The van der Waals surface area contributed by atoms with Crippen LogP contribution in [0.1, 0.15) is 18.2 Å². The summed E-state index contributed by atoms with van der Waals surface area (Å²) in [7, 11) is 0. The standard InChI is InChI=1S/C9H14BrNS/c1-2-4-11-5-3-9-6-8(10)7-12-9/h6-7,11H,2-5H2,1H3. The van der Waals surface area contributed by atoms with Gasteiger partial charge in [-0.25, -0.2) is 0 Å². The van der Waals surface area contributed by atoms with Gasteiger partial charge >= 0.3 is 0 Å². The number of hydrogen-bond acceptors (Lipinski definition) is 2. The molecule has 0 unspecified atom stereocenters. The van der Waals surface area contributed by atoms with E-state index in [-0.39, 0.29) is 0 Å². The second-order valence-corrected chi connectivity index (χ2v) is 4.64. The average molecular weight is 248 g/mol. The zero-order chi connectivity index (χ0) is 8.81. The number of thiophene rings is 1. The normalized spacial score (nSPS) is 10.5. The van der Waals surface area contributed by atoms with Crippen LogP contribution < -0.4 is 5.32 Å². The van der Waals surface area contributed by atoms with E-state index in [1.54, 1.807) is 0 Å². The molecular formula is C9H14BrNS. The van der Waals surface area contributed by atoms with Gasteiger partial charge in [0, 0.05) is 14.7 Å². The Morgan fingerprint density at radius 2 is 2.33 bits per heavy atom. The van der Waals surface area contributed by atoms with Gasteiger partial charge in [0.1, 0.15) is 0 Å². The van der Waals surface area contributed by atoms with Crippen LogP contribution in [0.4, 0.5) is 0 Å². The van der Waals surface area contributed by atoms with E-state index in [1.807, 2.05) is 11.3 Å². The van der Waals surface area contributed by atoms with Crippen LogP contribution in [0.15, 0.2) is 15.9 Å². The van der Waals surface area contributed by atoms with Gasteiger partial charge in [0.15, 0.2) is 0 Å². The van der Waals surface area contributed by atoms with E-state index in [1.165, 1.54) is 15.8 Å². The second kappa shape index (κ2) is 5.73. The van der Waals surface area contributed by atoms with Gasteiger partial charge in [0.05, 0.1) is 0 Å². The highest BCUT2D eigenvalue weighted by Gasteiger charge is 1.95. The van der Waals surface area contributed by atoms with Crippen molar-refractivity contribution in [2.75, 3.05) is 13.1 Å². The monoisotopic (exact) mass is 247 g/mol. The third-order valence-corrected chi connectivity index (χ3v) is 3.35. The Hall–Kier alpha value is 0.140. The molecule has 0 aliphatic carbocycles. The molecule has 1 heterocycles. The first-order valence-corrected chi connectivity index (χ1v) is 5.94. The molecule has 0 aromatic carbocycles. The van der Waals surface area contributed by atoms with E-state index >= 15 is 0 Å². The smallest absolute Gasteiger partial charge is 0.0285 e. The zero-order valence-electron chi connectivity index (χ0n) is 7.27. The van der Waals surface area contributed by atoms with Crippen molar-refractivity contribution in [1.29, 1.82) is 0 Å². The summed E-state index contributed by atoms with van der Waals surface area (Å²) in [6.45, 7) is 4.42. The molecule has 0 saturated carbocycles. The summed E-state index contributed by atoms with van der Waals surface area (Å²) in [6, 6.07) is 2.19. The number of hydrogen-bond donors (Lipinski definition) is 1. The van der Waals surface area contributed by atoms with Crippen molar-refractivity contribution >= 4 is 27.3 Å². The summed E-state index contributed by atoms with van der Waals surface area (Å²) in [4.78, 5) is 1.45. The number of rotatable bonds is 5. The first-order chi connectivity index (χ1) is 5.83. The van der Waals surface area contributed by atoms with E-state index in [2.05, 4.69) is 39.6 Å². The fraction of sp³-hybridized carbons (Fsp3) is 0.556. The predicted molar refractivity (Wildman–Crippen MR) is 58.9 cm³/mol. The number of nitrogens with one attached hydrogen (secondary N) is 1. The van der Waals surface area contributed by atoms with Gasteiger partial charge in [-0.05, 0) is 47.9 Å². The topological polar surface area (TPSA) is 12.0 Å². The molecule has 0 aliphatic heterocycles. The van der Waals surface area contributed by atoms with Gasteiger partial charge in [-0.3, -0.25) is 0 Å². The van der Waals surface area contributed by atoms with Gasteiger partial charge in [-0.2, -0.15) is 0 Å². The minimum atomic E-state index is 1.10. The van der Waals surface area contributed by atoms with Gasteiger partial charge in [-0.1, -0.05) is 6.92 Å². The molecule has 0 spiro atoms. The maximum absolute atomic E-state index is 3.44. The Labute approximate surface area is 86.3 Å². The molecule has 12 heavy (non-hydrogen) atoms. The summed E-state index contributed by atoms with van der Waals surface area (Å²) in [5.74, 6) is 0. The Kier molecular flexibility index (Phi) is 4.88. The Morgan fingerprint density at radius 1 is 1.50 bits per heavy atom. The Balaban J connectivity index is 2.15. The molecule has 1 N–H and O–H groups in total. The molecule has 0 bridgehead atoms. The van der Waals surface area contributed by atoms with E-state index in [0.29, 0.717) is 0 Å². The minimum Gasteiger partial charge on any atom is -0.316 e. The van der Waals surface area contributed by atoms with E-state index in [0.717, 1.165) is 19.5 Å². The summed E-state index contributed by atoms with van der Waals surface area (Å²) in [6.07, 6.45) is 2.37. The molecule has 1 aromatic heterocycles. The van der Waals surface area contributed by atoms with Crippen LogP contribution in [0, 0.1) is 0 Å². The molecule has 0 atom stereocenters. The first-order valence-electron chi connectivity index (χ1n) is 4.26. The molecule has 1 nitrogen and oxygen atoms in total. The Morgan fingerprint density at radius 3 is 2.92 bits per heavy atom. The fourth-order valence-corrected chi connectivity index (χ4v) is 2.45. The lowest BCUT2D eigenvalue weighted by molar-refractivity contribution is 0.674. The van der Waals surface area contributed by atoms with Crippen molar-refractivity contribution in [3.8, 4) is 0 Å². The van der Waals surface area contributed by atoms with Crippen LogP contribution in [0.2, 0.25) is 0 Å². The van der Waals surface area contributed by atoms with E-state index in [9.17, 15) is 0 Å². The van der Waals surface area contributed by atoms with E-state index in [4.69, 9.17) is 0 Å². The second-order valence-electron chi connectivity index (χ2n) is 2.73. The quantitative estimate of drug-likeness (QED) is 0.790. The molecule has 0 amide bonds. The highest BCUT2D eigenvalue weighted by Crippen LogP contribution is 2.19. The summed E-state index contributed by atoms with van der Waals surface area (Å²) in [5, 5.41) is 5.52. The van der Waals surface area contributed by atoms with Crippen molar-refractivity contribution in [2.45, 2.75) is 19.8 Å². The van der Waals surface area contributed by atoms with Crippen molar-refractivity contribution in [3.63, 3.8) is 0 Å². The SMILES string of the molecule is CCCNCCc1cc(Br)cs1. The minimum absolute atomic E-state index is 1.10. The van der Waals surface area contributed by atoms with Crippen LogP contribution in [0.5, 0.6) is 0 Å².